The molecule has 1 heterocycles. The van der Waals surface area contributed by atoms with E-state index in [9.17, 15) is 18.0 Å². The van der Waals surface area contributed by atoms with Gasteiger partial charge < -0.3 is 5.32 Å². The third-order valence-electron chi connectivity index (χ3n) is 3.65. The van der Waals surface area contributed by atoms with Crippen molar-refractivity contribution in [1.82, 2.24) is 9.55 Å². The number of hydrogen-bond donors (Lipinski definition) is 1. The molecule has 0 fully saturated rings. The van der Waals surface area contributed by atoms with Crippen LogP contribution in [0.5, 0.6) is 0 Å². The molecule has 1 amide bonds. The molecule has 8 heteroatoms. The Labute approximate surface area is 152 Å². The zero-order valence-corrected chi connectivity index (χ0v) is 14.4. The summed E-state index contributed by atoms with van der Waals surface area (Å²) in [6.07, 6.45) is 0.955. The van der Waals surface area contributed by atoms with Gasteiger partial charge in [-0.25, -0.2) is 4.98 Å². The normalized spacial score (nSPS) is 11.4. The minimum Gasteiger partial charge on any atom is -0.322 e. The van der Waals surface area contributed by atoms with E-state index in [2.05, 4.69) is 10.3 Å². The summed E-state index contributed by atoms with van der Waals surface area (Å²) in [4.78, 5) is 16.6. The van der Waals surface area contributed by atoms with Gasteiger partial charge in [-0.15, -0.1) is 0 Å². The zero-order chi connectivity index (χ0) is 18.7. The van der Waals surface area contributed by atoms with Gasteiger partial charge in [-0.05, 0) is 48.7 Å². The van der Waals surface area contributed by atoms with Crippen LogP contribution in [0, 0.1) is 0 Å². The predicted octanol–water partition coefficient (Wildman–Crippen LogP) is 4.87. The van der Waals surface area contributed by atoms with Gasteiger partial charge in [0.15, 0.2) is 5.16 Å². The summed E-state index contributed by atoms with van der Waals surface area (Å²) in [6.45, 7) is 0. The Hall–Kier alpha value is -2.74. The van der Waals surface area contributed by atoms with Crippen molar-refractivity contribution >= 4 is 23.4 Å². The van der Waals surface area contributed by atoms with E-state index in [4.69, 9.17) is 0 Å². The molecule has 0 bridgehead atoms. The number of amides is 1. The summed E-state index contributed by atoms with van der Waals surface area (Å²) in [7, 11) is 0. The van der Waals surface area contributed by atoms with E-state index in [1.54, 1.807) is 30.6 Å². The van der Waals surface area contributed by atoms with Crippen LogP contribution in [0.4, 0.5) is 18.9 Å². The average Bonchev–Trinajstić information content (AvgIpc) is 3.10. The quantitative estimate of drug-likeness (QED) is 0.660. The summed E-state index contributed by atoms with van der Waals surface area (Å²) in [5.74, 6) is -0.405. The summed E-state index contributed by atoms with van der Waals surface area (Å²) < 4.78 is 39.6. The van der Waals surface area contributed by atoms with Crippen LogP contribution in [0.2, 0.25) is 0 Å². The highest BCUT2D eigenvalue weighted by molar-refractivity contribution is 7.98. The van der Waals surface area contributed by atoms with Crippen LogP contribution in [0.1, 0.15) is 15.9 Å². The molecular weight excluding hydrogens is 363 g/mol. The average molecular weight is 377 g/mol. The van der Waals surface area contributed by atoms with Crippen LogP contribution >= 0.6 is 11.8 Å². The van der Waals surface area contributed by atoms with E-state index in [-0.39, 0.29) is 0 Å². The monoisotopic (exact) mass is 377 g/mol. The summed E-state index contributed by atoms with van der Waals surface area (Å²) in [5.41, 5.74) is 0.693. The highest BCUT2D eigenvalue weighted by atomic mass is 32.2. The number of aromatic nitrogens is 2. The Bertz CT molecular complexity index is 920. The second kappa shape index (κ2) is 7.25. The number of carbonyl (C=O) groups is 1. The fraction of sp³-hybridized carbons (Fsp3) is 0.111. The van der Waals surface area contributed by atoms with Crippen LogP contribution in [-0.4, -0.2) is 21.7 Å². The molecule has 0 aliphatic carbocycles. The molecule has 0 atom stereocenters. The van der Waals surface area contributed by atoms with Gasteiger partial charge >= 0.3 is 6.18 Å². The van der Waals surface area contributed by atoms with Crippen molar-refractivity contribution in [3.63, 3.8) is 0 Å². The maximum Gasteiger partial charge on any atom is 0.416 e. The van der Waals surface area contributed by atoms with Crippen molar-refractivity contribution in [2.45, 2.75) is 11.3 Å². The Morgan fingerprint density at radius 3 is 2.54 bits per heavy atom. The molecule has 0 radical (unpaired) electrons. The second-order valence-electron chi connectivity index (χ2n) is 5.36. The van der Waals surface area contributed by atoms with Crippen molar-refractivity contribution in [2.24, 2.45) is 0 Å². The third kappa shape index (κ3) is 3.91. The fourth-order valence-electron chi connectivity index (χ4n) is 2.38. The van der Waals surface area contributed by atoms with Gasteiger partial charge in [0.1, 0.15) is 0 Å². The van der Waals surface area contributed by atoms with Gasteiger partial charge in [0.2, 0.25) is 0 Å². The van der Waals surface area contributed by atoms with E-state index in [1.807, 2.05) is 16.9 Å². The van der Waals surface area contributed by atoms with Gasteiger partial charge in [0, 0.05) is 29.3 Å². The van der Waals surface area contributed by atoms with E-state index in [1.165, 1.54) is 23.9 Å². The number of hydrogen-bond acceptors (Lipinski definition) is 3. The third-order valence-corrected chi connectivity index (χ3v) is 4.31. The molecule has 0 saturated heterocycles. The molecule has 3 rings (SSSR count). The van der Waals surface area contributed by atoms with E-state index >= 15 is 0 Å². The van der Waals surface area contributed by atoms with Crippen molar-refractivity contribution in [2.75, 3.05) is 11.6 Å². The van der Waals surface area contributed by atoms with Crippen molar-refractivity contribution < 1.29 is 18.0 Å². The number of imidazole rings is 1. The Balaban J connectivity index is 1.79. The number of anilines is 1. The Morgan fingerprint density at radius 1 is 1.15 bits per heavy atom. The SMILES string of the molecule is CSc1nccn1-c1cccc(C(=O)Nc2ccc(C(F)(F)F)cc2)c1. The number of nitrogens with zero attached hydrogens (tertiary/aromatic N) is 2. The van der Waals surface area contributed by atoms with Crippen LogP contribution in [0.25, 0.3) is 5.69 Å². The van der Waals surface area contributed by atoms with Crippen molar-refractivity contribution in [3.05, 3.63) is 72.1 Å². The first-order chi connectivity index (χ1) is 12.4. The number of carbonyl (C=O) groups excluding carboxylic acids is 1. The Morgan fingerprint density at radius 2 is 1.88 bits per heavy atom. The zero-order valence-electron chi connectivity index (χ0n) is 13.6. The molecule has 1 aromatic heterocycles. The lowest BCUT2D eigenvalue weighted by Crippen LogP contribution is -2.13. The fourth-order valence-corrected chi connectivity index (χ4v) is 2.91. The molecule has 3 aromatic rings. The van der Waals surface area contributed by atoms with Gasteiger partial charge in [0.05, 0.1) is 5.56 Å². The van der Waals surface area contributed by atoms with Crippen LogP contribution in [0.3, 0.4) is 0 Å². The smallest absolute Gasteiger partial charge is 0.322 e. The molecule has 1 N–H and O–H groups in total. The second-order valence-corrected chi connectivity index (χ2v) is 6.14. The van der Waals surface area contributed by atoms with Crippen molar-refractivity contribution in [3.8, 4) is 5.69 Å². The number of nitrogens with one attached hydrogen (secondary N) is 1. The molecule has 134 valence electrons. The number of halogens is 3. The first kappa shape index (κ1) is 18.1. The van der Waals surface area contributed by atoms with Gasteiger partial charge in [-0.1, -0.05) is 17.8 Å². The maximum absolute atomic E-state index is 12.6. The van der Waals surface area contributed by atoms with Gasteiger partial charge in [0.25, 0.3) is 5.91 Å². The molecule has 0 aliphatic heterocycles. The minimum absolute atomic E-state index is 0.292. The number of benzene rings is 2. The highest BCUT2D eigenvalue weighted by Gasteiger charge is 2.30. The van der Waals surface area contributed by atoms with E-state index < -0.39 is 17.6 Å². The van der Waals surface area contributed by atoms with E-state index in [0.717, 1.165) is 23.0 Å². The molecule has 26 heavy (non-hydrogen) atoms. The topological polar surface area (TPSA) is 46.9 Å². The van der Waals surface area contributed by atoms with Gasteiger partial charge in [-0.2, -0.15) is 13.2 Å². The molecule has 0 spiro atoms. The van der Waals surface area contributed by atoms with E-state index in [0.29, 0.717) is 11.3 Å². The minimum atomic E-state index is -4.41. The first-order valence-corrected chi connectivity index (χ1v) is 8.77. The molecule has 4 nitrogen and oxygen atoms in total. The summed E-state index contributed by atoms with van der Waals surface area (Å²) >= 11 is 1.48. The molecular formula is C18H14F3N3OS. The number of thioether (sulfide) groups is 1. The Kier molecular flexibility index (Phi) is 5.03. The summed E-state index contributed by atoms with van der Waals surface area (Å²) in [5, 5.41) is 3.38. The molecule has 0 unspecified atom stereocenters. The maximum atomic E-state index is 12.6. The number of rotatable bonds is 4. The van der Waals surface area contributed by atoms with Crippen LogP contribution < -0.4 is 5.32 Å². The molecule has 2 aromatic carbocycles. The van der Waals surface area contributed by atoms with Crippen molar-refractivity contribution in [1.29, 1.82) is 0 Å². The largest absolute Gasteiger partial charge is 0.416 e. The van der Waals surface area contributed by atoms with Crippen LogP contribution in [0.15, 0.2) is 66.1 Å². The first-order valence-electron chi connectivity index (χ1n) is 7.55. The lowest BCUT2D eigenvalue weighted by atomic mass is 10.1. The summed E-state index contributed by atoms with van der Waals surface area (Å²) in [6, 6.07) is 11.2. The van der Waals surface area contributed by atoms with Crippen LogP contribution in [-0.2, 0) is 6.18 Å². The molecule has 0 saturated carbocycles. The molecule has 0 aliphatic rings. The van der Waals surface area contributed by atoms with Gasteiger partial charge in [-0.3, -0.25) is 9.36 Å². The predicted molar refractivity (Wildman–Crippen MR) is 94.7 cm³/mol. The lowest BCUT2D eigenvalue weighted by molar-refractivity contribution is -0.137. The standard InChI is InChI=1S/C18H14F3N3OS/c1-26-17-22-9-10-24(17)15-4-2-3-12(11-15)16(25)23-14-7-5-13(6-8-14)18(19,20)21/h2-11H,1H3,(H,23,25). The lowest BCUT2D eigenvalue weighted by Gasteiger charge is -2.10. The number of alkyl halides is 3. The highest BCUT2D eigenvalue weighted by Crippen LogP contribution is 2.30.